The van der Waals surface area contributed by atoms with Crippen molar-refractivity contribution in [2.45, 2.75) is 53.7 Å². The molecule has 0 heterocycles. The number of hydrogen-bond donors (Lipinski definition) is 3. The quantitative estimate of drug-likeness (QED) is 0.287. The molecular formula is C26H36N4O4. The Hall–Kier alpha value is -3.55. The Morgan fingerprint density at radius 2 is 1.76 bits per heavy atom. The third kappa shape index (κ3) is 8.77. The van der Waals surface area contributed by atoms with Crippen LogP contribution in [-0.4, -0.2) is 37.7 Å². The highest BCUT2D eigenvalue weighted by atomic mass is 16.5. The van der Waals surface area contributed by atoms with Crippen LogP contribution in [0.15, 0.2) is 47.5 Å². The summed E-state index contributed by atoms with van der Waals surface area (Å²) in [5.74, 6) is 0.284. The Bertz CT molecular complexity index is 987. The van der Waals surface area contributed by atoms with Crippen molar-refractivity contribution in [1.82, 2.24) is 10.6 Å². The molecule has 2 amide bonds. The van der Waals surface area contributed by atoms with Gasteiger partial charge >= 0.3 is 12.0 Å². The zero-order valence-corrected chi connectivity index (χ0v) is 20.9. The van der Waals surface area contributed by atoms with E-state index >= 15 is 0 Å². The zero-order valence-electron chi connectivity index (χ0n) is 20.9. The average Bonchev–Trinajstić information content (AvgIpc) is 2.82. The molecule has 2 aromatic rings. The predicted molar refractivity (Wildman–Crippen MR) is 135 cm³/mol. The number of methoxy groups -OCH3 is 1. The van der Waals surface area contributed by atoms with Gasteiger partial charge < -0.3 is 20.1 Å². The lowest BCUT2D eigenvalue weighted by atomic mass is 10.1. The number of urea groups is 1. The van der Waals surface area contributed by atoms with Crippen molar-refractivity contribution in [3.05, 3.63) is 59.2 Å². The molecule has 0 unspecified atom stereocenters. The summed E-state index contributed by atoms with van der Waals surface area (Å²) in [6.45, 7) is 10.3. The summed E-state index contributed by atoms with van der Waals surface area (Å²) in [7, 11) is 1.32. The molecular weight excluding hydrogens is 432 g/mol. The molecule has 0 spiro atoms. The second kappa shape index (κ2) is 13.2. The first-order valence-corrected chi connectivity index (χ1v) is 11.5. The van der Waals surface area contributed by atoms with E-state index in [-0.39, 0.29) is 18.6 Å². The Morgan fingerprint density at radius 3 is 2.38 bits per heavy atom. The molecule has 2 rings (SSSR count). The smallest absolute Gasteiger partial charge is 0.321 e. The Balaban J connectivity index is 2.17. The normalized spacial score (nSPS) is 12.1. The fourth-order valence-corrected chi connectivity index (χ4v) is 3.10. The summed E-state index contributed by atoms with van der Waals surface area (Å²) in [5.41, 5.74) is 4.01. The standard InChI is InChI=1S/C26H36N4O4/c1-7-21-14-22(12-13-23(21)34-17(2)3)29-25(27-16-20-10-8-18(4)9-11-20)30-26(32)28-15-19(5)24(31)33-6/h8-14,17,19H,7,15-16H2,1-6H3,(H3,27,28,29,30,32)/t19-/m0/s1. The average molecular weight is 469 g/mol. The van der Waals surface area contributed by atoms with E-state index in [2.05, 4.69) is 27.9 Å². The lowest BCUT2D eigenvalue weighted by Gasteiger charge is -2.17. The maximum absolute atomic E-state index is 12.5. The van der Waals surface area contributed by atoms with Gasteiger partial charge in [0.1, 0.15) is 5.75 Å². The molecule has 0 aliphatic heterocycles. The number of esters is 1. The first-order valence-electron chi connectivity index (χ1n) is 11.5. The van der Waals surface area contributed by atoms with Gasteiger partial charge in [-0.2, -0.15) is 0 Å². The van der Waals surface area contributed by atoms with Crippen LogP contribution in [0.5, 0.6) is 5.75 Å². The molecule has 0 radical (unpaired) electrons. The number of aryl methyl sites for hydroxylation is 2. The molecule has 3 N–H and O–H groups in total. The Morgan fingerprint density at radius 1 is 1.06 bits per heavy atom. The summed E-state index contributed by atoms with van der Waals surface area (Å²) in [5, 5.41) is 8.63. The fraction of sp³-hybridized carbons (Fsp3) is 0.423. The number of anilines is 1. The summed E-state index contributed by atoms with van der Waals surface area (Å²) < 4.78 is 10.6. The number of guanidine groups is 1. The maximum atomic E-state index is 12.5. The lowest BCUT2D eigenvalue weighted by Crippen LogP contribution is -2.44. The topological polar surface area (TPSA) is 101 Å². The molecule has 34 heavy (non-hydrogen) atoms. The zero-order chi connectivity index (χ0) is 25.1. The van der Waals surface area contributed by atoms with Crippen LogP contribution in [0.2, 0.25) is 0 Å². The van der Waals surface area contributed by atoms with Crippen LogP contribution in [-0.2, 0) is 22.5 Å². The summed E-state index contributed by atoms with van der Waals surface area (Å²) in [4.78, 5) is 28.7. The number of nitrogens with one attached hydrogen (secondary N) is 3. The summed E-state index contributed by atoms with van der Waals surface area (Å²) >= 11 is 0. The molecule has 2 aromatic carbocycles. The molecule has 1 atom stereocenters. The minimum atomic E-state index is -0.471. The second-order valence-electron chi connectivity index (χ2n) is 8.38. The van der Waals surface area contributed by atoms with Crippen LogP contribution in [0.3, 0.4) is 0 Å². The van der Waals surface area contributed by atoms with Gasteiger partial charge in [0.25, 0.3) is 0 Å². The highest BCUT2D eigenvalue weighted by Crippen LogP contribution is 2.24. The van der Waals surface area contributed by atoms with Crippen LogP contribution in [0.25, 0.3) is 0 Å². The minimum Gasteiger partial charge on any atom is -0.491 e. The summed E-state index contributed by atoms with van der Waals surface area (Å²) in [6.07, 6.45) is 0.876. The van der Waals surface area contributed by atoms with Gasteiger partial charge in [0, 0.05) is 12.2 Å². The van der Waals surface area contributed by atoms with Gasteiger partial charge in [-0.05, 0) is 56.5 Å². The van der Waals surface area contributed by atoms with Gasteiger partial charge in [0.05, 0.1) is 25.7 Å². The minimum absolute atomic E-state index is 0.0773. The number of nitrogens with zero attached hydrogens (tertiary/aromatic N) is 1. The number of aliphatic imine (C=N–C) groups is 1. The van der Waals surface area contributed by atoms with Crippen molar-refractivity contribution in [2.75, 3.05) is 19.0 Å². The van der Waals surface area contributed by atoms with Crippen LogP contribution >= 0.6 is 0 Å². The molecule has 0 saturated heterocycles. The number of carbonyl (C=O) groups is 2. The lowest BCUT2D eigenvalue weighted by molar-refractivity contribution is -0.144. The molecule has 8 heteroatoms. The third-order valence-electron chi connectivity index (χ3n) is 5.01. The van der Waals surface area contributed by atoms with Gasteiger partial charge in [-0.15, -0.1) is 0 Å². The SMILES string of the molecule is CCc1cc(NC(=NCc2ccc(C)cc2)NC(=O)NC[C@H](C)C(=O)OC)ccc1OC(C)C. The highest BCUT2D eigenvalue weighted by Gasteiger charge is 2.15. The van der Waals surface area contributed by atoms with E-state index in [0.29, 0.717) is 12.5 Å². The Labute approximate surface area is 202 Å². The predicted octanol–water partition coefficient (Wildman–Crippen LogP) is 4.42. The first-order chi connectivity index (χ1) is 16.2. The van der Waals surface area contributed by atoms with E-state index in [1.54, 1.807) is 6.92 Å². The van der Waals surface area contributed by atoms with Crippen molar-refractivity contribution < 1.29 is 19.1 Å². The second-order valence-corrected chi connectivity index (χ2v) is 8.38. The number of carbonyl (C=O) groups excluding carboxylic acids is 2. The molecule has 0 aliphatic carbocycles. The number of hydrogen-bond acceptors (Lipinski definition) is 5. The maximum Gasteiger partial charge on any atom is 0.321 e. The molecule has 0 aliphatic rings. The fourth-order valence-electron chi connectivity index (χ4n) is 3.10. The molecule has 0 aromatic heterocycles. The van der Waals surface area contributed by atoms with E-state index in [4.69, 9.17) is 9.47 Å². The molecule has 0 fully saturated rings. The molecule has 0 saturated carbocycles. The van der Waals surface area contributed by atoms with Crippen LogP contribution < -0.4 is 20.7 Å². The first kappa shape index (κ1) is 26.7. The van der Waals surface area contributed by atoms with Crippen molar-refractivity contribution in [3.8, 4) is 5.75 Å². The highest BCUT2D eigenvalue weighted by molar-refractivity contribution is 6.03. The number of ether oxygens (including phenoxy) is 2. The monoisotopic (exact) mass is 468 g/mol. The summed E-state index contributed by atoms with van der Waals surface area (Å²) in [6, 6.07) is 13.4. The van der Waals surface area contributed by atoms with Gasteiger partial charge in [-0.1, -0.05) is 43.7 Å². The number of benzene rings is 2. The van der Waals surface area contributed by atoms with E-state index in [1.165, 1.54) is 12.7 Å². The van der Waals surface area contributed by atoms with E-state index in [9.17, 15) is 9.59 Å². The van der Waals surface area contributed by atoms with E-state index in [1.807, 2.05) is 63.2 Å². The van der Waals surface area contributed by atoms with Crippen LogP contribution in [0.1, 0.15) is 44.4 Å². The molecule has 184 valence electrons. The van der Waals surface area contributed by atoms with E-state index < -0.39 is 11.9 Å². The molecule has 0 bridgehead atoms. The van der Waals surface area contributed by atoms with Crippen LogP contribution in [0.4, 0.5) is 10.5 Å². The number of amides is 2. The Kier molecular flexibility index (Phi) is 10.4. The number of rotatable bonds is 9. The third-order valence-corrected chi connectivity index (χ3v) is 5.01. The van der Waals surface area contributed by atoms with E-state index in [0.717, 1.165) is 29.0 Å². The largest absolute Gasteiger partial charge is 0.491 e. The van der Waals surface area contributed by atoms with Gasteiger partial charge in [0.15, 0.2) is 0 Å². The van der Waals surface area contributed by atoms with Gasteiger partial charge in [0.2, 0.25) is 5.96 Å². The van der Waals surface area contributed by atoms with Crippen LogP contribution in [0, 0.1) is 12.8 Å². The van der Waals surface area contributed by atoms with Crippen molar-refractivity contribution in [3.63, 3.8) is 0 Å². The van der Waals surface area contributed by atoms with Gasteiger partial charge in [-0.25, -0.2) is 9.79 Å². The molecule has 8 nitrogen and oxygen atoms in total. The van der Waals surface area contributed by atoms with Crippen molar-refractivity contribution in [1.29, 1.82) is 0 Å². The van der Waals surface area contributed by atoms with Crippen molar-refractivity contribution >= 4 is 23.6 Å². The van der Waals surface area contributed by atoms with Crippen molar-refractivity contribution in [2.24, 2.45) is 10.9 Å². The van der Waals surface area contributed by atoms with Gasteiger partial charge in [-0.3, -0.25) is 10.1 Å².